The van der Waals surface area contributed by atoms with Gasteiger partial charge in [0.2, 0.25) is 11.9 Å². The van der Waals surface area contributed by atoms with Gasteiger partial charge in [-0.3, -0.25) is 0 Å². The van der Waals surface area contributed by atoms with Crippen LogP contribution in [0.15, 0.2) is 24.3 Å². The Bertz CT molecular complexity index is 793. The van der Waals surface area contributed by atoms with Gasteiger partial charge in [-0.25, -0.2) is 4.98 Å². The third-order valence-corrected chi connectivity index (χ3v) is 3.75. The van der Waals surface area contributed by atoms with Crippen molar-refractivity contribution in [3.8, 4) is 0 Å². The molecule has 1 fully saturated rings. The van der Waals surface area contributed by atoms with Crippen LogP contribution in [0, 0.1) is 0 Å². The number of nitrogens with two attached hydrogens (primary N) is 1. The summed E-state index contributed by atoms with van der Waals surface area (Å²) in [6.45, 7) is 2.86. The number of hydrogen-bond donors (Lipinski definition) is 2. The largest absolute Gasteiger partial charge is 0.378 e. The molecule has 0 amide bonds. The minimum atomic E-state index is 0.229. The second kappa shape index (κ2) is 5.81. The van der Waals surface area contributed by atoms with Crippen LogP contribution in [-0.4, -0.2) is 51.2 Å². The molecule has 0 aliphatic carbocycles. The summed E-state index contributed by atoms with van der Waals surface area (Å²) in [6, 6.07) is 7.90. The van der Waals surface area contributed by atoms with Crippen LogP contribution in [0.2, 0.25) is 0 Å². The molecule has 0 atom stereocenters. The van der Waals surface area contributed by atoms with Gasteiger partial charge in [-0.15, -0.1) is 0 Å². The minimum absolute atomic E-state index is 0.229. The van der Waals surface area contributed by atoms with Crippen molar-refractivity contribution in [2.45, 2.75) is 6.42 Å². The van der Waals surface area contributed by atoms with Gasteiger partial charge in [-0.05, 0) is 12.1 Å². The molecule has 4 rings (SSSR count). The maximum absolute atomic E-state index is 5.84. The minimum Gasteiger partial charge on any atom is -0.378 e. The molecular weight excluding hydrogens is 294 g/mol. The van der Waals surface area contributed by atoms with Gasteiger partial charge in [0, 0.05) is 13.1 Å². The maximum atomic E-state index is 5.84. The Kier molecular flexibility index (Phi) is 3.51. The van der Waals surface area contributed by atoms with Gasteiger partial charge in [0.1, 0.15) is 11.6 Å². The molecule has 1 aromatic carbocycles. The molecule has 8 heteroatoms. The van der Waals surface area contributed by atoms with Gasteiger partial charge in [0.25, 0.3) is 0 Å². The molecule has 2 aromatic heterocycles. The fourth-order valence-corrected chi connectivity index (χ4v) is 2.65. The first kappa shape index (κ1) is 13.9. The summed E-state index contributed by atoms with van der Waals surface area (Å²) in [5, 5.41) is 0. The molecule has 1 aliphatic heterocycles. The van der Waals surface area contributed by atoms with E-state index in [1.54, 1.807) is 0 Å². The second-order valence-electron chi connectivity index (χ2n) is 5.39. The van der Waals surface area contributed by atoms with Crippen LogP contribution in [0.5, 0.6) is 0 Å². The van der Waals surface area contributed by atoms with Crippen LogP contribution >= 0.6 is 0 Å². The number of anilines is 2. The van der Waals surface area contributed by atoms with Gasteiger partial charge in [-0.1, -0.05) is 12.1 Å². The number of fused-ring (bicyclic) bond motifs is 1. The smallest absolute Gasteiger partial charge is 0.230 e. The van der Waals surface area contributed by atoms with E-state index < -0.39 is 0 Å². The number of para-hydroxylation sites is 2. The van der Waals surface area contributed by atoms with Gasteiger partial charge in [0.15, 0.2) is 0 Å². The first-order valence-corrected chi connectivity index (χ1v) is 7.55. The van der Waals surface area contributed by atoms with E-state index in [-0.39, 0.29) is 5.95 Å². The number of imidazole rings is 1. The van der Waals surface area contributed by atoms with Crippen molar-refractivity contribution in [1.29, 1.82) is 0 Å². The van der Waals surface area contributed by atoms with E-state index in [0.717, 1.165) is 29.9 Å². The summed E-state index contributed by atoms with van der Waals surface area (Å²) < 4.78 is 5.35. The molecule has 1 saturated heterocycles. The van der Waals surface area contributed by atoms with Crippen LogP contribution in [0.4, 0.5) is 11.9 Å². The average Bonchev–Trinajstić information content (AvgIpc) is 2.97. The van der Waals surface area contributed by atoms with E-state index in [0.29, 0.717) is 31.4 Å². The van der Waals surface area contributed by atoms with E-state index in [1.807, 2.05) is 24.3 Å². The molecule has 0 radical (unpaired) electrons. The lowest BCUT2D eigenvalue weighted by Crippen LogP contribution is -2.37. The SMILES string of the molecule is Nc1nc(Cc2nc3ccccc3[nH]2)nc(N2CCOCC2)n1. The summed E-state index contributed by atoms with van der Waals surface area (Å²) in [6.07, 6.45) is 0.485. The summed E-state index contributed by atoms with van der Waals surface area (Å²) in [5.74, 6) is 2.25. The molecule has 0 saturated carbocycles. The summed E-state index contributed by atoms with van der Waals surface area (Å²) in [4.78, 5) is 22.9. The Balaban J connectivity index is 1.61. The van der Waals surface area contributed by atoms with Crippen LogP contribution in [0.3, 0.4) is 0 Å². The lowest BCUT2D eigenvalue weighted by Gasteiger charge is -2.26. The van der Waals surface area contributed by atoms with Gasteiger partial charge in [-0.2, -0.15) is 15.0 Å². The Morgan fingerprint density at radius 1 is 1.09 bits per heavy atom. The summed E-state index contributed by atoms with van der Waals surface area (Å²) >= 11 is 0. The second-order valence-corrected chi connectivity index (χ2v) is 5.39. The van der Waals surface area contributed by atoms with Crippen LogP contribution in [-0.2, 0) is 11.2 Å². The highest BCUT2D eigenvalue weighted by Gasteiger charge is 2.16. The Morgan fingerprint density at radius 3 is 2.74 bits per heavy atom. The lowest BCUT2D eigenvalue weighted by atomic mass is 10.3. The predicted octanol–water partition coefficient (Wildman–Crippen LogP) is 0.757. The predicted molar refractivity (Wildman–Crippen MR) is 86.2 cm³/mol. The van der Waals surface area contributed by atoms with E-state index in [2.05, 4.69) is 29.8 Å². The van der Waals surface area contributed by atoms with Gasteiger partial charge >= 0.3 is 0 Å². The Hall–Kier alpha value is -2.74. The fourth-order valence-electron chi connectivity index (χ4n) is 2.65. The molecule has 118 valence electrons. The monoisotopic (exact) mass is 311 g/mol. The summed E-state index contributed by atoms with van der Waals surface area (Å²) in [7, 11) is 0. The number of aromatic nitrogens is 5. The molecular formula is C15H17N7O. The Labute approximate surface area is 132 Å². The number of H-pyrrole nitrogens is 1. The van der Waals surface area contributed by atoms with Gasteiger partial charge in [0.05, 0.1) is 30.7 Å². The highest BCUT2D eigenvalue weighted by atomic mass is 16.5. The summed E-state index contributed by atoms with van der Waals surface area (Å²) in [5.41, 5.74) is 7.77. The molecule has 3 N–H and O–H groups in total. The number of nitrogens with one attached hydrogen (secondary N) is 1. The number of nitrogens with zero attached hydrogens (tertiary/aromatic N) is 5. The molecule has 0 bridgehead atoms. The van der Waals surface area contributed by atoms with Crippen molar-refractivity contribution in [3.05, 3.63) is 35.9 Å². The number of benzene rings is 1. The van der Waals surface area contributed by atoms with Crippen LogP contribution < -0.4 is 10.6 Å². The molecule has 0 unspecified atom stereocenters. The third kappa shape index (κ3) is 2.93. The van der Waals surface area contributed by atoms with Crippen LogP contribution in [0.25, 0.3) is 11.0 Å². The van der Waals surface area contributed by atoms with Gasteiger partial charge < -0.3 is 20.4 Å². The highest BCUT2D eigenvalue weighted by Crippen LogP contribution is 2.15. The zero-order valence-corrected chi connectivity index (χ0v) is 12.6. The normalized spacial score (nSPS) is 15.2. The van der Waals surface area contributed by atoms with E-state index >= 15 is 0 Å². The topological polar surface area (TPSA) is 106 Å². The highest BCUT2D eigenvalue weighted by molar-refractivity contribution is 5.74. The fraction of sp³-hybridized carbons (Fsp3) is 0.333. The standard InChI is InChI=1S/C15H17N7O/c16-14-19-13(20-15(21-14)22-5-7-23-8-6-22)9-12-17-10-3-1-2-4-11(10)18-12/h1-4H,5-9H2,(H,17,18)(H2,16,19,20,21). The van der Waals surface area contributed by atoms with Crippen molar-refractivity contribution >= 4 is 22.9 Å². The number of ether oxygens (including phenoxy) is 1. The van der Waals surface area contributed by atoms with E-state index in [9.17, 15) is 0 Å². The number of rotatable bonds is 3. The van der Waals surface area contributed by atoms with Crippen molar-refractivity contribution in [1.82, 2.24) is 24.9 Å². The van der Waals surface area contributed by atoms with E-state index in [1.165, 1.54) is 0 Å². The number of hydrogen-bond acceptors (Lipinski definition) is 7. The average molecular weight is 311 g/mol. The molecule has 0 spiro atoms. The maximum Gasteiger partial charge on any atom is 0.230 e. The van der Waals surface area contributed by atoms with Crippen LogP contribution in [0.1, 0.15) is 11.6 Å². The molecule has 3 heterocycles. The lowest BCUT2D eigenvalue weighted by molar-refractivity contribution is 0.122. The van der Waals surface area contributed by atoms with Crippen molar-refractivity contribution in [2.24, 2.45) is 0 Å². The Morgan fingerprint density at radius 2 is 1.91 bits per heavy atom. The van der Waals surface area contributed by atoms with Crippen molar-refractivity contribution in [2.75, 3.05) is 36.9 Å². The zero-order valence-electron chi connectivity index (χ0n) is 12.6. The first-order chi connectivity index (χ1) is 11.3. The number of nitrogen functional groups attached to an aromatic ring is 1. The number of morpholine rings is 1. The molecule has 8 nitrogen and oxygen atoms in total. The molecule has 3 aromatic rings. The first-order valence-electron chi connectivity index (χ1n) is 7.55. The quantitative estimate of drug-likeness (QED) is 0.735. The molecule has 1 aliphatic rings. The van der Waals surface area contributed by atoms with Crippen molar-refractivity contribution in [3.63, 3.8) is 0 Å². The van der Waals surface area contributed by atoms with E-state index in [4.69, 9.17) is 10.5 Å². The van der Waals surface area contributed by atoms with Crippen molar-refractivity contribution < 1.29 is 4.74 Å². The third-order valence-electron chi connectivity index (χ3n) is 3.75. The number of aromatic amines is 1. The zero-order chi connectivity index (χ0) is 15.6. The molecule has 23 heavy (non-hydrogen) atoms.